The number of piperidine rings is 2. The van der Waals surface area contributed by atoms with Crippen molar-refractivity contribution in [2.75, 3.05) is 26.2 Å². The van der Waals surface area contributed by atoms with E-state index in [1.807, 2.05) is 36.4 Å². The number of benzene rings is 2. The first-order valence-corrected chi connectivity index (χ1v) is 14.0. The fraction of sp³-hybridized carbons (Fsp3) is 0.467. The Morgan fingerprint density at radius 3 is 2.54 bits per heavy atom. The Kier molecular flexibility index (Phi) is 8.20. The van der Waals surface area contributed by atoms with Gasteiger partial charge in [-0.25, -0.2) is 6.57 Å². The quantitative estimate of drug-likeness (QED) is 0.282. The monoisotopic (exact) mass is 548 g/mol. The first-order chi connectivity index (χ1) is 18.9. The van der Waals surface area contributed by atoms with E-state index in [1.165, 1.54) is 0 Å². The molecule has 2 aromatic rings. The van der Waals surface area contributed by atoms with Gasteiger partial charge in [0.15, 0.2) is 0 Å². The fourth-order valence-corrected chi connectivity index (χ4v) is 5.99. The molecule has 1 unspecified atom stereocenters. The Labute approximate surface area is 234 Å². The molecular formula is C30H33ClN4O4. The lowest BCUT2D eigenvalue weighted by Crippen LogP contribution is -2.52. The highest BCUT2D eigenvalue weighted by Crippen LogP contribution is 2.38. The van der Waals surface area contributed by atoms with Gasteiger partial charge in [0.05, 0.1) is 13.2 Å². The van der Waals surface area contributed by atoms with Crippen LogP contribution in [0.1, 0.15) is 66.4 Å². The van der Waals surface area contributed by atoms with Crippen LogP contribution in [0, 0.1) is 6.57 Å². The van der Waals surface area contributed by atoms with E-state index < -0.39 is 17.5 Å². The molecule has 1 N–H and O–H groups in total. The number of carbonyl (C=O) groups is 3. The van der Waals surface area contributed by atoms with Gasteiger partial charge in [-0.3, -0.25) is 19.7 Å². The number of rotatable bonds is 9. The number of likely N-dealkylation sites (tertiary alicyclic amines) is 1. The summed E-state index contributed by atoms with van der Waals surface area (Å²) in [5.41, 5.74) is 1.99. The van der Waals surface area contributed by atoms with Crippen LogP contribution in [-0.4, -0.2) is 59.8 Å². The van der Waals surface area contributed by atoms with Crippen molar-refractivity contribution < 1.29 is 19.1 Å². The van der Waals surface area contributed by atoms with Gasteiger partial charge >= 0.3 is 0 Å². The zero-order valence-electron chi connectivity index (χ0n) is 22.0. The van der Waals surface area contributed by atoms with Crippen LogP contribution in [-0.2, 0) is 21.7 Å². The van der Waals surface area contributed by atoms with Crippen molar-refractivity contribution in [3.8, 4) is 5.75 Å². The van der Waals surface area contributed by atoms with E-state index >= 15 is 0 Å². The number of carbonyl (C=O) groups excluding carboxylic acids is 3. The number of halogens is 1. The first-order valence-electron chi connectivity index (χ1n) is 13.7. The van der Waals surface area contributed by atoms with Gasteiger partial charge in [0, 0.05) is 54.1 Å². The molecule has 0 spiro atoms. The average Bonchev–Trinajstić information content (AvgIpc) is 3.28. The van der Waals surface area contributed by atoms with Gasteiger partial charge < -0.3 is 19.4 Å². The smallest absolute Gasteiger partial charge is 0.260 e. The maximum atomic E-state index is 13.0. The molecule has 5 rings (SSSR count). The maximum Gasteiger partial charge on any atom is 0.260 e. The Morgan fingerprint density at radius 2 is 1.82 bits per heavy atom. The van der Waals surface area contributed by atoms with Crippen LogP contribution >= 0.6 is 11.6 Å². The second-order valence-corrected chi connectivity index (χ2v) is 11.0. The van der Waals surface area contributed by atoms with Crippen molar-refractivity contribution in [1.82, 2.24) is 15.1 Å². The predicted molar refractivity (Wildman–Crippen MR) is 147 cm³/mol. The van der Waals surface area contributed by atoms with Gasteiger partial charge in [0.1, 0.15) is 11.8 Å². The molecule has 39 heavy (non-hydrogen) atoms. The molecule has 3 heterocycles. The summed E-state index contributed by atoms with van der Waals surface area (Å²) in [6.45, 7) is 11.5. The zero-order valence-corrected chi connectivity index (χ0v) is 22.7. The summed E-state index contributed by atoms with van der Waals surface area (Å²) in [4.78, 5) is 44.8. The molecule has 2 aromatic carbocycles. The molecule has 2 saturated heterocycles. The molecule has 3 aliphatic rings. The second-order valence-electron chi connectivity index (χ2n) is 10.6. The highest BCUT2D eigenvalue weighted by molar-refractivity contribution is 6.30. The van der Waals surface area contributed by atoms with Gasteiger partial charge in [-0.15, -0.1) is 0 Å². The fourth-order valence-electron chi connectivity index (χ4n) is 5.86. The third kappa shape index (κ3) is 5.80. The van der Waals surface area contributed by atoms with E-state index in [0.717, 1.165) is 62.9 Å². The van der Waals surface area contributed by atoms with E-state index in [4.69, 9.17) is 22.9 Å². The second kappa shape index (κ2) is 11.8. The predicted octanol–water partition coefficient (Wildman–Crippen LogP) is 4.56. The molecule has 3 aliphatic heterocycles. The molecule has 0 saturated carbocycles. The van der Waals surface area contributed by atoms with Gasteiger partial charge in [-0.2, -0.15) is 0 Å². The molecule has 3 amide bonds. The standard InChI is InChI=1S/C30H33ClN4O4/c1-32-30(21-8-10-22(31)11-9-21)14-17-34(18-15-30)16-3-2-4-19-39-26-7-5-6-23-24(26)20-35(29(23)38)25-12-13-27(36)33-28(25)37/h5-11,25H,2-4,12-20H2,(H,33,36,37). The number of nitrogens with one attached hydrogen (secondary N) is 1. The molecular weight excluding hydrogens is 516 g/mol. The molecule has 8 nitrogen and oxygen atoms in total. The first kappa shape index (κ1) is 27.2. The van der Waals surface area contributed by atoms with E-state index in [-0.39, 0.29) is 18.2 Å². The van der Waals surface area contributed by atoms with Crippen molar-refractivity contribution in [2.45, 2.75) is 63.1 Å². The van der Waals surface area contributed by atoms with Gasteiger partial charge in [0.2, 0.25) is 11.8 Å². The minimum absolute atomic E-state index is 0.190. The van der Waals surface area contributed by atoms with Crippen molar-refractivity contribution in [3.63, 3.8) is 0 Å². The normalized spacial score (nSPS) is 20.9. The van der Waals surface area contributed by atoms with E-state index in [0.29, 0.717) is 35.9 Å². The number of nitrogens with zero attached hydrogens (tertiary/aromatic N) is 3. The lowest BCUT2D eigenvalue weighted by Gasteiger charge is -2.34. The van der Waals surface area contributed by atoms with Crippen molar-refractivity contribution in [2.24, 2.45) is 0 Å². The van der Waals surface area contributed by atoms with E-state index in [1.54, 1.807) is 11.0 Å². The number of hydrogen-bond acceptors (Lipinski definition) is 5. The summed E-state index contributed by atoms with van der Waals surface area (Å²) in [5.74, 6) is -0.207. The van der Waals surface area contributed by atoms with Crippen LogP contribution < -0.4 is 10.1 Å². The third-order valence-electron chi connectivity index (χ3n) is 8.19. The number of hydrogen-bond donors (Lipinski definition) is 1. The number of ether oxygens (including phenoxy) is 1. The molecule has 0 bridgehead atoms. The minimum atomic E-state index is -0.628. The maximum absolute atomic E-state index is 13.0. The van der Waals surface area contributed by atoms with E-state index in [2.05, 4.69) is 15.1 Å². The third-order valence-corrected chi connectivity index (χ3v) is 8.45. The summed E-state index contributed by atoms with van der Waals surface area (Å²) in [5, 5.41) is 3.03. The molecule has 2 fully saturated rings. The van der Waals surface area contributed by atoms with Crippen LogP contribution in [0.25, 0.3) is 4.85 Å². The molecule has 1 atom stereocenters. The number of fused-ring (bicyclic) bond motifs is 1. The summed E-state index contributed by atoms with van der Waals surface area (Å²) in [6.07, 6.45) is 5.22. The highest BCUT2D eigenvalue weighted by atomic mass is 35.5. The van der Waals surface area contributed by atoms with Gasteiger partial charge in [-0.1, -0.05) is 17.7 Å². The molecule has 0 aliphatic carbocycles. The van der Waals surface area contributed by atoms with Crippen LogP contribution in [0.4, 0.5) is 0 Å². The topological polar surface area (TPSA) is 83.3 Å². The Hall–Kier alpha value is -3.41. The summed E-state index contributed by atoms with van der Waals surface area (Å²) in [7, 11) is 0. The summed E-state index contributed by atoms with van der Waals surface area (Å²) < 4.78 is 6.08. The minimum Gasteiger partial charge on any atom is -0.493 e. The lowest BCUT2D eigenvalue weighted by molar-refractivity contribution is -0.136. The average molecular weight is 549 g/mol. The van der Waals surface area contributed by atoms with Crippen molar-refractivity contribution in [1.29, 1.82) is 0 Å². The summed E-state index contributed by atoms with van der Waals surface area (Å²) >= 11 is 6.03. The van der Waals surface area contributed by atoms with Crippen LogP contribution in [0.5, 0.6) is 5.75 Å². The largest absolute Gasteiger partial charge is 0.493 e. The highest BCUT2D eigenvalue weighted by Gasteiger charge is 2.42. The van der Waals surface area contributed by atoms with Crippen molar-refractivity contribution in [3.05, 3.63) is 75.6 Å². The van der Waals surface area contributed by atoms with Crippen LogP contribution in [0.15, 0.2) is 42.5 Å². The molecule has 0 radical (unpaired) electrons. The molecule has 204 valence electrons. The van der Waals surface area contributed by atoms with E-state index in [9.17, 15) is 14.4 Å². The Morgan fingerprint density at radius 1 is 1.05 bits per heavy atom. The van der Waals surface area contributed by atoms with Crippen LogP contribution in [0.3, 0.4) is 0 Å². The van der Waals surface area contributed by atoms with Gasteiger partial charge in [0.25, 0.3) is 11.4 Å². The Balaban J connectivity index is 1.05. The molecule has 9 heteroatoms. The number of imide groups is 1. The SMILES string of the molecule is [C-]#[N+]C1(c2ccc(Cl)cc2)CCN(CCCCCOc2cccc3c2CN(C2CCC(=O)NC2=O)C3=O)CC1. The Bertz CT molecular complexity index is 1280. The number of amides is 3. The lowest BCUT2D eigenvalue weighted by atomic mass is 9.81. The van der Waals surface area contributed by atoms with Gasteiger partial charge in [-0.05, 0) is 68.6 Å². The summed E-state index contributed by atoms with van der Waals surface area (Å²) in [6, 6.07) is 12.5. The zero-order chi connectivity index (χ0) is 27.4. The number of unbranched alkanes of at least 4 members (excludes halogenated alkanes) is 2. The van der Waals surface area contributed by atoms with Crippen LogP contribution in [0.2, 0.25) is 5.02 Å². The molecule has 0 aromatic heterocycles. The van der Waals surface area contributed by atoms with Crippen molar-refractivity contribution >= 4 is 29.3 Å².